The van der Waals surface area contributed by atoms with Crippen LogP contribution in [0.1, 0.15) is 30.6 Å². The van der Waals surface area contributed by atoms with Gasteiger partial charge in [-0.15, -0.1) is 0 Å². The molecule has 0 radical (unpaired) electrons. The van der Waals surface area contributed by atoms with Gasteiger partial charge in [0.2, 0.25) is 0 Å². The van der Waals surface area contributed by atoms with Crippen molar-refractivity contribution in [3.63, 3.8) is 0 Å². The van der Waals surface area contributed by atoms with Crippen molar-refractivity contribution in [2.45, 2.75) is 26.4 Å². The lowest BCUT2D eigenvalue weighted by Crippen LogP contribution is -2.13. The first-order valence-electron chi connectivity index (χ1n) is 10.1. The van der Waals surface area contributed by atoms with Crippen LogP contribution < -0.4 is 15.4 Å². The van der Waals surface area contributed by atoms with E-state index in [0.29, 0.717) is 12.1 Å². The highest BCUT2D eigenvalue weighted by Crippen LogP contribution is 2.43. The largest absolute Gasteiger partial charge is 0.455 e. The SMILES string of the molecule is CCC(C)OP(=O)(O)c1cccc(Oc2ccccc2NC(=O)c2cccc([N+](=O)[O-])c2)c1. The van der Waals surface area contributed by atoms with E-state index in [1.165, 1.54) is 36.4 Å². The van der Waals surface area contributed by atoms with Gasteiger partial charge in [-0.1, -0.05) is 31.2 Å². The molecule has 3 aromatic carbocycles. The molecule has 0 aliphatic rings. The molecule has 0 aliphatic heterocycles. The average Bonchev–Trinajstić information content (AvgIpc) is 2.80. The molecule has 1 amide bonds. The third kappa shape index (κ3) is 6.26. The van der Waals surface area contributed by atoms with Crippen LogP contribution in [-0.2, 0) is 9.09 Å². The number of rotatable bonds is 9. The highest BCUT2D eigenvalue weighted by Gasteiger charge is 2.25. The number of benzene rings is 3. The van der Waals surface area contributed by atoms with Gasteiger partial charge >= 0.3 is 7.60 Å². The summed E-state index contributed by atoms with van der Waals surface area (Å²) in [6, 6.07) is 18.0. The number of para-hydroxylation sites is 2. The minimum absolute atomic E-state index is 0.0819. The molecule has 3 rings (SSSR count). The Balaban J connectivity index is 1.82. The number of nitro groups is 1. The van der Waals surface area contributed by atoms with Gasteiger partial charge in [0.25, 0.3) is 11.6 Å². The second kappa shape index (κ2) is 10.4. The van der Waals surface area contributed by atoms with E-state index in [-0.39, 0.29) is 28.1 Å². The second-order valence-electron chi connectivity index (χ2n) is 7.20. The Labute approximate surface area is 190 Å². The van der Waals surface area contributed by atoms with Gasteiger partial charge in [0.15, 0.2) is 5.75 Å². The summed E-state index contributed by atoms with van der Waals surface area (Å²) in [5.41, 5.74) is 0.240. The van der Waals surface area contributed by atoms with Gasteiger partial charge in [0.05, 0.1) is 22.0 Å². The summed E-state index contributed by atoms with van der Waals surface area (Å²) in [6.07, 6.45) is 0.188. The lowest BCUT2D eigenvalue weighted by atomic mass is 10.2. The van der Waals surface area contributed by atoms with Crippen LogP contribution in [0, 0.1) is 10.1 Å². The van der Waals surface area contributed by atoms with Crippen LogP contribution in [0.4, 0.5) is 11.4 Å². The van der Waals surface area contributed by atoms with Crippen LogP contribution in [-0.4, -0.2) is 21.8 Å². The zero-order chi connectivity index (χ0) is 24.0. The third-order valence-corrected chi connectivity index (χ3v) is 6.30. The minimum atomic E-state index is -4.04. The second-order valence-corrected chi connectivity index (χ2v) is 8.97. The number of hydrogen-bond acceptors (Lipinski definition) is 6. The van der Waals surface area contributed by atoms with Gasteiger partial charge in [0.1, 0.15) is 5.75 Å². The molecule has 2 atom stereocenters. The molecule has 0 heterocycles. The van der Waals surface area contributed by atoms with Gasteiger partial charge in [-0.05, 0) is 49.7 Å². The van der Waals surface area contributed by atoms with Gasteiger partial charge < -0.3 is 19.5 Å². The molecule has 172 valence electrons. The molecule has 0 aliphatic carbocycles. The fraction of sp³-hybridized carbons (Fsp3) is 0.174. The van der Waals surface area contributed by atoms with E-state index in [4.69, 9.17) is 9.26 Å². The quantitative estimate of drug-likeness (QED) is 0.248. The van der Waals surface area contributed by atoms with Gasteiger partial charge in [0, 0.05) is 17.7 Å². The number of anilines is 1. The van der Waals surface area contributed by atoms with Crippen molar-refractivity contribution in [1.29, 1.82) is 0 Å². The number of nitrogens with one attached hydrogen (secondary N) is 1. The predicted octanol–water partition coefficient (Wildman–Crippen LogP) is 5.27. The maximum atomic E-state index is 12.6. The number of non-ortho nitro benzene ring substituents is 1. The molecular weight excluding hydrogens is 447 g/mol. The molecule has 3 aromatic rings. The fourth-order valence-electron chi connectivity index (χ4n) is 2.84. The summed E-state index contributed by atoms with van der Waals surface area (Å²) in [5, 5.41) is 13.7. The van der Waals surface area contributed by atoms with E-state index in [9.17, 15) is 24.4 Å². The topological polar surface area (TPSA) is 128 Å². The monoisotopic (exact) mass is 470 g/mol. The van der Waals surface area contributed by atoms with E-state index in [0.717, 1.165) is 0 Å². The van der Waals surface area contributed by atoms with Crippen molar-refractivity contribution < 1.29 is 28.4 Å². The number of amides is 1. The molecule has 0 aromatic heterocycles. The number of ether oxygens (including phenoxy) is 1. The van der Waals surface area contributed by atoms with E-state index in [1.807, 2.05) is 6.92 Å². The maximum absolute atomic E-state index is 12.6. The van der Waals surface area contributed by atoms with Crippen molar-refractivity contribution >= 4 is 30.2 Å². The number of hydrogen-bond donors (Lipinski definition) is 2. The summed E-state index contributed by atoms with van der Waals surface area (Å²) >= 11 is 0. The Morgan fingerprint density at radius 2 is 1.85 bits per heavy atom. The smallest absolute Gasteiger partial charge is 0.359 e. The zero-order valence-electron chi connectivity index (χ0n) is 18.0. The molecule has 2 unspecified atom stereocenters. The Kier molecular flexibility index (Phi) is 7.60. The average molecular weight is 470 g/mol. The number of nitrogens with zero attached hydrogens (tertiary/aromatic N) is 1. The Hall–Kier alpha value is -3.52. The summed E-state index contributed by atoms with van der Waals surface area (Å²) in [7, 11) is -4.04. The molecule has 10 heteroatoms. The van der Waals surface area contributed by atoms with E-state index < -0.39 is 24.5 Å². The predicted molar refractivity (Wildman–Crippen MR) is 124 cm³/mol. The van der Waals surface area contributed by atoms with Crippen LogP contribution in [0.15, 0.2) is 72.8 Å². The highest BCUT2D eigenvalue weighted by atomic mass is 31.2. The first-order chi connectivity index (χ1) is 15.7. The van der Waals surface area contributed by atoms with Crippen molar-refractivity contribution in [3.05, 3.63) is 88.5 Å². The molecule has 2 N–H and O–H groups in total. The summed E-state index contributed by atoms with van der Waals surface area (Å²) in [5.74, 6) is 0.000866. The van der Waals surface area contributed by atoms with Crippen LogP contribution in [0.25, 0.3) is 0 Å². The maximum Gasteiger partial charge on any atom is 0.359 e. The van der Waals surface area contributed by atoms with Crippen molar-refractivity contribution in [3.8, 4) is 11.5 Å². The van der Waals surface area contributed by atoms with Gasteiger partial charge in [-0.2, -0.15) is 0 Å². The lowest BCUT2D eigenvalue weighted by molar-refractivity contribution is -0.384. The summed E-state index contributed by atoms with van der Waals surface area (Å²) in [6.45, 7) is 3.56. The zero-order valence-corrected chi connectivity index (χ0v) is 18.9. The van der Waals surface area contributed by atoms with Crippen LogP contribution in [0.5, 0.6) is 11.5 Å². The van der Waals surface area contributed by atoms with E-state index in [2.05, 4.69) is 5.32 Å². The molecule has 0 bridgehead atoms. The van der Waals surface area contributed by atoms with Crippen LogP contribution in [0.2, 0.25) is 0 Å². The number of carbonyl (C=O) groups is 1. The fourth-order valence-corrected chi connectivity index (χ4v) is 4.17. The van der Waals surface area contributed by atoms with Crippen molar-refractivity contribution in [1.82, 2.24) is 0 Å². The third-order valence-electron chi connectivity index (χ3n) is 4.72. The normalized spacial score (nSPS) is 13.5. The molecule has 0 saturated heterocycles. The van der Waals surface area contributed by atoms with Gasteiger partial charge in [-0.3, -0.25) is 19.5 Å². The molecule has 9 nitrogen and oxygen atoms in total. The Bertz CT molecular complexity index is 1210. The Morgan fingerprint density at radius 1 is 1.12 bits per heavy atom. The number of carbonyl (C=O) groups excluding carboxylic acids is 1. The molecule has 0 saturated carbocycles. The summed E-state index contributed by atoms with van der Waals surface area (Å²) in [4.78, 5) is 33.3. The molecule has 0 spiro atoms. The molecule has 0 fully saturated rings. The van der Waals surface area contributed by atoms with E-state index >= 15 is 0 Å². The first-order valence-corrected chi connectivity index (χ1v) is 11.7. The van der Waals surface area contributed by atoms with Crippen LogP contribution >= 0.6 is 7.60 Å². The van der Waals surface area contributed by atoms with Crippen molar-refractivity contribution in [2.24, 2.45) is 0 Å². The number of nitro benzene ring substituents is 1. The Morgan fingerprint density at radius 3 is 2.58 bits per heavy atom. The first kappa shape index (κ1) is 24.1. The minimum Gasteiger partial charge on any atom is -0.455 e. The van der Waals surface area contributed by atoms with Crippen LogP contribution in [0.3, 0.4) is 0 Å². The molecular formula is C23H23N2O7P. The summed E-state index contributed by atoms with van der Waals surface area (Å²) < 4.78 is 23.8. The highest BCUT2D eigenvalue weighted by molar-refractivity contribution is 7.61. The van der Waals surface area contributed by atoms with Crippen molar-refractivity contribution in [2.75, 3.05) is 5.32 Å². The van der Waals surface area contributed by atoms with Gasteiger partial charge in [-0.25, -0.2) is 0 Å². The standard InChI is InChI=1S/C23H23N2O7P/c1-3-16(2)32-33(29,30)20-11-7-10-19(15-20)31-22-13-5-4-12-21(22)24-23(26)17-8-6-9-18(14-17)25(27)28/h4-16H,3H2,1-2H3,(H,24,26)(H,29,30). The van der Waals surface area contributed by atoms with E-state index in [1.54, 1.807) is 43.3 Å². The molecule has 33 heavy (non-hydrogen) atoms. The lowest BCUT2D eigenvalue weighted by Gasteiger charge is -2.18.